The third-order valence-corrected chi connectivity index (χ3v) is 2.93. The molecule has 0 aliphatic heterocycles. The molecule has 0 aromatic carbocycles. The van der Waals surface area contributed by atoms with Crippen LogP contribution in [0.3, 0.4) is 0 Å². The van der Waals surface area contributed by atoms with Crippen LogP contribution in [0, 0.1) is 5.92 Å². The van der Waals surface area contributed by atoms with E-state index in [0.717, 1.165) is 13.2 Å². The van der Waals surface area contributed by atoms with Crippen molar-refractivity contribution in [1.82, 2.24) is 0 Å². The van der Waals surface area contributed by atoms with Crippen molar-refractivity contribution in [2.75, 3.05) is 13.2 Å². The van der Waals surface area contributed by atoms with E-state index in [2.05, 4.69) is 0 Å². The van der Waals surface area contributed by atoms with E-state index in [9.17, 15) is 0 Å². The first-order chi connectivity index (χ1) is 5.34. The van der Waals surface area contributed by atoms with Gasteiger partial charge in [-0.1, -0.05) is 12.8 Å². The molecular formula is C9H17ClO. The second-order valence-corrected chi connectivity index (χ2v) is 3.78. The molecule has 0 aromatic rings. The maximum atomic E-state index is 6.14. The van der Waals surface area contributed by atoms with Crippen LogP contribution in [0.25, 0.3) is 0 Å². The average molecular weight is 177 g/mol. The highest BCUT2D eigenvalue weighted by Crippen LogP contribution is 2.28. The molecule has 1 saturated carbocycles. The van der Waals surface area contributed by atoms with Crippen molar-refractivity contribution >= 4 is 11.6 Å². The highest BCUT2D eigenvalue weighted by molar-refractivity contribution is 6.20. The topological polar surface area (TPSA) is 9.23 Å². The summed E-state index contributed by atoms with van der Waals surface area (Å²) < 4.78 is 5.36. The monoisotopic (exact) mass is 176 g/mol. The Balaban J connectivity index is 2.18. The van der Waals surface area contributed by atoms with Crippen LogP contribution in [-0.4, -0.2) is 18.6 Å². The van der Waals surface area contributed by atoms with Gasteiger partial charge in [0, 0.05) is 12.0 Å². The van der Waals surface area contributed by atoms with Crippen LogP contribution < -0.4 is 0 Å². The molecule has 0 N–H and O–H groups in total. The Morgan fingerprint density at radius 1 is 1.36 bits per heavy atom. The van der Waals surface area contributed by atoms with Crippen molar-refractivity contribution in [2.45, 2.75) is 38.0 Å². The van der Waals surface area contributed by atoms with Gasteiger partial charge in [0.1, 0.15) is 0 Å². The van der Waals surface area contributed by atoms with Crippen molar-refractivity contribution in [2.24, 2.45) is 5.92 Å². The molecule has 1 aliphatic rings. The Kier molecular flexibility index (Phi) is 4.24. The summed E-state index contributed by atoms with van der Waals surface area (Å²) in [5.41, 5.74) is 0. The molecule has 1 nitrogen and oxygen atoms in total. The molecule has 66 valence electrons. The van der Waals surface area contributed by atoms with E-state index in [-0.39, 0.29) is 0 Å². The predicted octanol–water partition coefficient (Wildman–Crippen LogP) is 2.82. The second kappa shape index (κ2) is 5.00. The van der Waals surface area contributed by atoms with Crippen molar-refractivity contribution in [1.29, 1.82) is 0 Å². The maximum Gasteiger partial charge on any atom is 0.0508 e. The van der Waals surface area contributed by atoms with Crippen LogP contribution in [0.2, 0.25) is 0 Å². The molecule has 0 radical (unpaired) electrons. The van der Waals surface area contributed by atoms with E-state index < -0.39 is 0 Å². The fraction of sp³-hybridized carbons (Fsp3) is 1.00. The molecule has 2 atom stereocenters. The molecule has 11 heavy (non-hydrogen) atoms. The van der Waals surface area contributed by atoms with Gasteiger partial charge in [0.25, 0.3) is 0 Å². The van der Waals surface area contributed by atoms with Gasteiger partial charge >= 0.3 is 0 Å². The fourth-order valence-electron chi connectivity index (χ4n) is 1.62. The van der Waals surface area contributed by atoms with Crippen LogP contribution >= 0.6 is 11.6 Å². The lowest BCUT2D eigenvalue weighted by atomic mass is 9.89. The first-order valence-corrected chi connectivity index (χ1v) is 5.00. The Morgan fingerprint density at radius 3 is 2.73 bits per heavy atom. The van der Waals surface area contributed by atoms with Crippen molar-refractivity contribution in [3.63, 3.8) is 0 Å². The summed E-state index contributed by atoms with van der Waals surface area (Å²) in [7, 11) is 0. The van der Waals surface area contributed by atoms with Gasteiger partial charge in [-0.3, -0.25) is 0 Å². The first kappa shape index (κ1) is 9.34. The summed E-state index contributed by atoms with van der Waals surface area (Å²) in [5, 5.41) is 0.371. The lowest BCUT2D eigenvalue weighted by Gasteiger charge is -2.26. The lowest BCUT2D eigenvalue weighted by Crippen LogP contribution is -2.24. The minimum atomic E-state index is 0.371. The van der Waals surface area contributed by atoms with Crippen molar-refractivity contribution in [3.05, 3.63) is 0 Å². The molecule has 0 bridgehead atoms. The van der Waals surface area contributed by atoms with Crippen molar-refractivity contribution in [3.8, 4) is 0 Å². The quantitative estimate of drug-likeness (QED) is 0.601. The van der Waals surface area contributed by atoms with Crippen LogP contribution in [0.5, 0.6) is 0 Å². The van der Waals surface area contributed by atoms with E-state index in [1.807, 2.05) is 6.92 Å². The first-order valence-electron chi connectivity index (χ1n) is 4.56. The van der Waals surface area contributed by atoms with Gasteiger partial charge in [0.15, 0.2) is 0 Å². The summed E-state index contributed by atoms with van der Waals surface area (Å²) in [5.74, 6) is 0.616. The van der Waals surface area contributed by atoms with Gasteiger partial charge in [-0.05, 0) is 25.7 Å². The molecule has 2 heteroatoms. The lowest BCUT2D eigenvalue weighted by molar-refractivity contribution is 0.0966. The van der Waals surface area contributed by atoms with Crippen LogP contribution in [0.4, 0.5) is 0 Å². The summed E-state index contributed by atoms with van der Waals surface area (Å²) in [6.07, 6.45) is 5.07. The van der Waals surface area contributed by atoms with Crippen molar-refractivity contribution < 1.29 is 4.74 Å². The van der Waals surface area contributed by atoms with Gasteiger partial charge in [-0.2, -0.15) is 0 Å². The van der Waals surface area contributed by atoms with Crippen LogP contribution in [0.15, 0.2) is 0 Å². The predicted molar refractivity (Wildman–Crippen MR) is 48.1 cm³/mol. The second-order valence-electron chi connectivity index (χ2n) is 3.22. The fourth-order valence-corrected chi connectivity index (χ4v) is 1.97. The normalized spacial score (nSPS) is 32.2. The highest BCUT2D eigenvalue weighted by atomic mass is 35.5. The van der Waals surface area contributed by atoms with E-state index in [1.165, 1.54) is 25.7 Å². The molecule has 1 fully saturated rings. The molecule has 0 saturated heterocycles. The van der Waals surface area contributed by atoms with Gasteiger partial charge < -0.3 is 4.74 Å². The number of ether oxygens (including phenoxy) is 1. The Hall–Kier alpha value is 0.250. The number of hydrogen-bond donors (Lipinski definition) is 0. The summed E-state index contributed by atoms with van der Waals surface area (Å²) >= 11 is 6.14. The number of rotatable bonds is 3. The molecule has 0 aromatic heterocycles. The van der Waals surface area contributed by atoms with E-state index in [4.69, 9.17) is 16.3 Å². The maximum absolute atomic E-state index is 6.14. The third-order valence-electron chi connectivity index (χ3n) is 2.35. The van der Waals surface area contributed by atoms with Crippen LogP contribution in [0.1, 0.15) is 32.6 Å². The summed E-state index contributed by atoms with van der Waals surface area (Å²) in [4.78, 5) is 0. The zero-order valence-electron chi connectivity index (χ0n) is 7.18. The Labute approximate surface area is 74.1 Å². The van der Waals surface area contributed by atoms with Gasteiger partial charge in [-0.25, -0.2) is 0 Å². The smallest absolute Gasteiger partial charge is 0.0508 e. The van der Waals surface area contributed by atoms with E-state index in [0.29, 0.717) is 11.3 Å². The zero-order valence-corrected chi connectivity index (χ0v) is 7.94. The molecule has 0 amide bonds. The molecule has 1 rings (SSSR count). The zero-order chi connectivity index (χ0) is 8.10. The summed E-state index contributed by atoms with van der Waals surface area (Å²) in [6, 6.07) is 0. The van der Waals surface area contributed by atoms with E-state index in [1.54, 1.807) is 0 Å². The SMILES string of the molecule is CCOCC1CCCCC1Cl. The summed E-state index contributed by atoms with van der Waals surface area (Å²) in [6.45, 7) is 3.72. The number of alkyl halides is 1. The minimum absolute atomic E-state index is 0.371. The van der Waals surface area contributed by atoms with Crippen LogP contribution in [-0.2, 0) is 4.74 Å². The third kappa shape index (κ3) is 3.00. The minimum Gasteiger partial charge on any atom is -0.381 e. The molecule has 1 aliphatic carbocycles. The van der Waals surface area contributed by atoms with Gasteiger partial charge in [0.05, 0.1) is 6.61 Å². The Bertz CT molecular complexity index is 106. The van der Waals surface area contributed by atoms with E-state index >= 15 is 0 Å². The highest BCUT2D eigenvalue weighted by Gasteiger charge is 2.22. The van der Waals surface area contributed by atoms with Gasteiger partial charge in [-0.15, -0.1) is 11.6 Å². The largest absolute Gasteiger partial charge is 0.381 e. The number of halogens is 1. The van der Waals surface area contributed by atoms with Gasteiger partial charge in [0.2, 0.25) is 0 Å². The molecule has 2 unspecified atom stereocenters. The average Bonchev–Trinajstić information content (AvgIpc) is 2.03. The number of hydrogen-bond acceptors (Lipinski definition) is 1. The molecule has 0 spiro atoms. The standard InChI is InChI=1S/C9H17ClO/c1-2-11-7-8-5-3-4-6-9(8)10/h8-9H,2-7H2,1H3. The Morgan fingerprint density at radius 2 is 2.09 bits per heavy atom. The molecule has 0 heterocycles. The molecular weight excluding hydrogens is 160 g/mol.